The summed E-state index contributed by atoms with van der Waals surface area (Å²) in [5.74, 6) is -0.133. The van der Waals surface area contributed by atoms with E-state index in [-0.39, 0.29) is 11.9 Å². The molecule has 25 heavy (non-hydrogen) atoms. The number of rotatable bonds is 4. The van der Waals surface area contributed by atoms with Crippen molar-refractivity contribution < 1.29 is 4.79 Å². The van der Waals surface area contributed by atoms with Gasteiger partial charge in [0, 0.05) is 17.5 Å². The number of hydrogen-bond donors (Lipinski definition) is 1. The summed E-state index contributed by atoms with van der Waals surface area (Å²) in [6.45, 7) is 1.94. The highest BCUT2D eigenvalue weighted by Crippen LogP contribution is 2.28. The number of amides is 1. The first-order chi connectivity index (χ1) is 12.2. The maximum absolute atomic E-state index is 12.8. The molecule has 1 unspecified atom stereocenters. The second-order valence-corrected chi connectivity index (χ2v) is 6.32. The lowest BCUT2D eigenvalue weighted by Gasteiger charge is -2.12. The number of aromatic nitrogens is 3. The molecule has 0 spiro atoms. The normalized spacial score (nSPS) is 14.1. The van der Waals surface area contributed by atoms with Gasteiger partial charge in [0.15, 0.2) is 5.69 Å². The third-order valence-electron chi connectivity index (χ3n) is 4.63. The van der Waals surface area contributed by atoms with Crippen molar-refractivity contribution in [2.45, 2.75) is 32.2 Å². The Hall–Kier alpha value is -2.95. The van der Waals surface area contributed by atoms with Crippen LogP contribution in [-0.2, 0) is 12.8 Å². The molecule has 0 aliphatic heterocycles. The van der Waals surface area contributed by atoms with Crippen molar-refractivity contribution in [1.82, 2.24) is 20.1 Å². The minimum atomic E-state index is -0.160. The topological polar surface area (TPSA) is 59.8 Å². The van der Waals surface area contributed by atoms with Crippen molar-refractivity contribution in [3.63, 3.8) is 0 Å². The summed E-state index contributed by atoms with van der Waals surface area (Å²) in [5, 5.41) is 7.66. The Kier molecular flexibility index (Phi) is 4.06. The number of carbonyl (C=O) groups is 1. The highest BCUT2D eigenvalue weighted by Gasteiger charge is 2.27. The molecule has 5 nitrogen and oxygen atoms in total. The summed E-state index contributed by atoms with van der Waals surface area (Å²) in [6, 6.07) is 15.5. The molecule has 1 N–H and O–H groups in total. The molecule has 0 bridgehead atoms. The first kappa shape index (κ1) is 15.6. The number of nitrogens with one attached hydrogen (secondary N) is 1. The third-order valence-corrected chi connectivity index (χ3v) is 4.63. The van der Waals surface area contributed by atoms with Crippen molar-refractivity contribution in [1.29, 1.82) is 0 Å². The summed E-state index contributed by atoms with van der Waals surface area (Å²) in [5.41, 5.74) is 4.61. The molecule has 0 saturated carbocycles. The minimum Gasteiger partial charge on any atom is -0.343 e. The van der Waals surface area contributed by atoms with Crippen LogP contribution in [0, 0.1) is 0 Å². The van der Waals surface area contributed by atoms with E-state index in [0.29, 0.717) is 5.69 Å². The standard InChI is InChI=1S/C20H20N4O/c1-14(17-11-5-6-13-21-17)22-20(25)19-16-10-7-12-18(16)24(23-19)15-8-3-2-4-9-15/h2-6,8-9,11,13-14H,7,10,12H2,1H3,(H,22,25). The Morgan fingerprint density at radius 3 is 2.68 bits per heavy atom. The molecule has 1 atom stereocenters. The lowest BCUT2D eigenvalue weighted by Crippen LogP contribution is -2.28. The van der Waals surface area contributed by atoms with E-state index >= 15 is 0 Å². The Morgan fingerprint density at radius 1 is 1.12 bits per heavy atom. The van der Waals surface area contributed by atoms with Crippen LogP contribution >= 0.6 is 0 Å². The minimum absolute atomic E-state index is 0.133. The Bertz CT molecular complexity index is 887. The quantitative estimate of drug-likeness (QED) is 0.798. The van der Waals surface area contributed by atoms with Gasteiger partial charge in [0.05, 0.1) is 17.4 Å². The molecule has 1 amide bonds. The maximum atomic E-state index is 12.8. The fourth-order valence-electron chi connectivity index (χ4n) is 3.37. The lowest BCUT2D eigenvalue weighted by atomic mass is 10.1. The van der Waals surface area contributed by atoms with Gasteiger partial charge in [-0.25, -0.2) is 4.68 Å². The van der Waals surface area contributed by atoms with E-state index in [1.807, 2.05) is 60.1 Å². The van der Waals surface area contributed by atoms with Crippen molar-refractivity contribution in [2.24, 2.45) is 0 Å². The van der Waals surface area contributed by atoms with Crippen LogP contribution in [0.3, 0.4) is 0 Å². The first-order valence-electron chi connectivity index (χ1n) is 8.62. The number of benzene rings is 1. The summed E-state index contributed by atoms with van der Waals surface area (Å²) < 4.78 is 1.92. The van der Waals surface area contributed by atoms with Gasteiger partial charge in [0.1, 0.15) is 0 Å². The van der Waals surface area contributed by atoms with E-state index < -0.39 is 0 Å². The number of pyridine rings is 1. The van der Waals surface area contributed by atoms with E-state index in [0.717, 1.165) is 41.9 Å². The van der Waals surface area contributed by atoms with Crippen LogP contribution in [0.25, 0.3) is 5.69 Å². The van der Waals surface area contributed by atoms with Crippen molar-refractivity contribution in [3.8, 4) is 5.69 Å². The molecule has 5 heteroatoms. The number of carbonyl (C=O) groups excluding carboxylic acids is 1. The SMILES string of the molecule is CC(NC(=O)c1nn(-c2ccccc2)c2c1CCC2)c1ccccn1. The van der Waals surface area contributed by atoms with Crippen LogP contribution < -0.4 is 5.32 Å². The van der Waals surface area contributed by atoms with Crippen molar-refractivity contribution >= 4 is 5.91 Å². The molecule has 4 rings (SSSR count). The number of hydrogen-bond acceptors (Lipinski definition) is 3. The monoisotopic (exact) mass is 332 g/mol. The molecule has 1 aliphatic carbocycles. The van der Waals surface area contributed by atoms with Gasteiger partial charge in [-0.05, 0) is 50.5 Å². The summed E-state index contributed by atoms with van der Waals surface area (Å²) in [6.07, 6.45) is 4.67. The predicted molar refractivity (Wildman–Crippen MR) is 95.7 cm³/mol. The second-order valence-electron chi connectivity index (χ2n) is 6.32. The molecule has 1 aromatic carbocycles. The van der Waals surface area contributed by atoms with Crippen LogP contribution in [-0.4, -0.2) is 20.7 Å². The first-order valence-corrected chi connectivity index (χ1v) is 8.62. The van der Waals surface area contributed by atoms with Gasteiger partial charge in [-0.15, -0.1) is 0 Å². The van der Waals surface area contributed by atoms with Gasteiger partial charge >= 0.3 is 0 Å². The van der Waals surface area contributed by atoms with Gasteiger partial charge in [-0.1, -0.05) is 24.3 Å². The van der Waals surface area contributed by atoms with E-state index in [1.54, 1.807) is 6.20 Å². The van der Waals surface area contributed by atoms with Gasteiger partial charge in [-0.3, -0.25) is 9.78 Å². The predicted octanol–water partition coefficient (Wildman–Crippen LogP) is 3.25. The van der Waals surface area contributed by atoms with Crippen molar-refractivity contribution in [3.05, 3.63) is 77.4 Å². The van der Waals surface area contributed by atoms with Crippen LogP contribution in [0.2, 0.25) is 0 Å². The molecule has 126 valence electrons. The molecule has 2 aromatic heterocycles. The molecule has 0 fully saturated rings. The number of nitrogens with zero attached hydrogens (tertiary/aromatic N) is 3. The zero-order valence-corrected chi connectivity index (χ0v) is 14.1. The molecule has 3 aromatic rings. The smallest absolute Gasteiger partial charge is 0.272 e. The molecular weight excluding hydrogens is 312 g/mol. The van der Waals surface area contributed by atoms with Crippen LogP contribution in [0.1, 0.15) is 46.8 Å². The van der Waals surface area contributed by atoms with Gasteiger partial charge in [0.2, 0.25) is 0 Å². The van der Waals surface area contributed by atoms with E-state index in [9.17, 15) is 4.79 Å². The third kappa shape index (κ3) is 2.93. The van der Waals surface area contributed by atoms with Gasteiger partial charge in [-0.2, -0.15) is 5.10 Å². The molecule has 0 saturated heterocycles. The molecule has 2 heterocycles. The zero-order valence-electron chi connectivity index (χ0n) is 14.1. The molecule has 1 aliphatic rings. The van der Waals surface area contributed by atoms with Crippen LogP contribution in [0.5, 0.6) is 0 Å². The highest BCUT2D eigenvalue weighted by molar-refractivity contribution is 5.94. The fourth-order valence-corrected chi connectivity index (χ4v) is 3.37. The Labute approximate surface area is 146 Å². The summed E-state index contributed by atoms with van der Waals surface area (Å²) in [7, 11) is 0. The Morgan fingerprint density at radius 2 is 1.92 bits per heavy atom. The Balaban J connectivity index is 1.64. The van der Waals surface area contributed by atoms with Crippen LogP contribution in [0.15, 0.2) is 54.7 Å². The number of para-hydroxylation sites is 1. The average molecular weight is 332 g/mol. The second kappa shape index (κ2) is 6.51. The van der Waals surface area contributed by atoms with E-state index in [4.69, 9.17) is 0 Å². The fraction of sp³-hybridized carbons (Fsp3) is 0.250. The van der Waals surface area contributed by atoms with E-state index in [2.05, 4.69) is 15.4 Å². The highest BCUT2D eigenvalue weighted by atomic mass is 16.2. The van der Waals surface area contributed by atoms with Gasteiger partial charge in [0.25, 0.3) is 5.91 Å². The largest absolute Gasteiger partial charge is 0.343 e. The lowest BCUT2D eigenvalue weighted by molar-refractivity contribution is 0.0932. The maximum Gasteiger partial charge on any atom is 0.272 e. The molecular formula is C20H20N4O. The average Bonchev–Trinajstić information content (AvgIpc) is 3.25. The number of fused-ring (bicyclic) bond motifs is 1. The summed E-state index contributed by atoms with van der Waals surface area (Å²) in [4.78, 5) is 17.1. The van der Waals surface area contributed by atoms with Gasteiger partial charge < -0.3 is 5.32 Å². The van der Waals surface area contributed by atoms with Crippen molar-refractivity contribution in [2.75, 3.05) is 0 Å². The van der Waals surface area contributed by atoms with E-state index in [1.165, 1.54) is 0 Å². The van der Waals surface area contributed by atoms with Crippen LogP contribution in [0.4, 0.5) is 0 Å². The summed E-state index contributed by atoms with van der Waals surface area (Å²) >= 11 is 0. The zero-order chi connectivity index (χ0) is 17.2. The molecule has 0 radical (unpaired) electrons.